The molecule has 0 bridgehead atoms. The molecular weight excluding hydrogens is 885 g/mol. The molecule has 53 heavy (non-hydrogen) atoms. The zero-order valence-electron chi connectivity index (χ0n) is 31.2. The van der Waals surface area contributed by atoms with Crippen molar-refractivity contribution in [2.24, 2.45) is 5.41 Å². The number of hydrogen-bond acceptors (Lipinski definition) is 3. The zero-order valence-corrected chi connectivity index (χ0v) is 35.7. The van der Waals surface area contributed by atoms with Gasteiger partial charge in [-0.25, -0.2) is 0 Å². The maximum atomic E-state index is 6.46. The fraction of sp³-hybridized carbons (Fsp3) is 0.167. The number of rotatable bonds is 6. The fourth-order valence-electron chi connectivity index (χ4n) is 6.48. The summed E-state index contributed by atoms with van der Waals surface area (Å²) in [6.07, 6.45) is 4.92. The van der Waals surface area contributed by atoms with Crippen molar-refractivity contribution in [2.45, 2.75) is 44.5 Å². The second-order valence-electron chi connectivity index (χ2n) is 15.6. The van der Waals surface area contributed by atoms with E-state index in [2.05, 4.69) is 157 Å². The van der Waals surface area contributed by atoms with Crippen molar-refractivity contribution < 1.29 is 24.5 Å². The van der Waals surface area contributed by atoms with E-state index in [1.165, 1.54) is 26.6 Å². The van der Waals surface area contributed by atoms with Crippen molar-refractivity contribution in [2.75, 3.05) is 0 Å². The summed E-state index contributed by atoms with van der Waals surface area (Å²) >= 11 is -1.72. The maximum Gasteiger partial charge on any atom is 0 e. The second kappa shape index (κ2) is 16.2. The number of nitrogens with zero attached hydrogens (tertiary/aromatic N) is 2. The maximum absolute atomic E-state index is 6.46. The predicted molar refractivity (Wildman–Crippen MR) is 221 cm³/mol. The van der Waals surface area contributed by atoms with Crippen LogP contribution in [-0.2, 0) is 26.5 Å². The Labute approximate surface area is 330 Å². The van der Waals surface area contributed by atoms with Gasteiger partial charge in [-0.15, -0.1) is 18.2 Å². The summed E-state index contributed by atoms with van der Waals surface area (Å²) in [4.78, 5) is 9.20. The van der Waals surface area contributed by atoms with Gasteiger partial charge in [-0.05, 0) is 51.9 Å². The average Bonchev–Trinajstić information content (AvgIpc) is 3.53. The van der Waals surface area contributed by atoms with Crippen LogP contribution in [0.1, 0.15) is 26.3 Å². The summed E-state index contributed by atoms with van der Waals surface area (Å²) in [6.45, 7) is 6.77. The molecule has 3 aromatic heterocycles. The Hall–Kier alpha value is -4.61. The zero-order chi connectivity index (χ0) is 36.3. The minimum atomic E-state index is -1.72. The van der Waals surface area contributed by atoms with E-state index >= 15 is 0 Å². The largest absolute Gasteiger partial charge is 0 e. The van der Waals surface area contributed by atoms with Gasteiger partial charge >= 0.3 is 99.8 Å². The van der Waals surface area contributed by atoms with Gasteiger partial charge in [0.05, 0.1) is 5.58 Å². The Bertz CT molecular complexity index is 2420. The molecule has 0 fully saturated rings. The molecule has 1 radical (unpaired) electrons. The van der Waals surface area contributed by atoms with Crippen LogP contribution in [0.3, 0.4) is 0 Å². The minimum Gasteiger partial charge on any atom is 0 e. The van der Waals surface area contributed by atoms with Gasteiger partial charge in [0.1, 0.15) is 5.58 Å². The molecule has 0 spiro atoms. The molecule has 0 unspecified atom stereocenters. The van der Waals surface area contributed by atoms with Gasteiger partial charge in [-0.1, -0.05) is 110 Å². The first-order valence-electron chi connectivity index (χ1n) is 17.9. The van der Waals surface area contributed by atoms with Gasteiger partial charge in [0.2, 0.25) is 0 Å². The molecule has 0 aliphatic carbocycles. The van der Waals surface area contributed by atoms with Gasteiger partial charge in [0.25, 0.3) is 0 Å². The summed E-state index contributed by atoms with van der Waals surface area (Å²) in [5, 5.41) is 2.20. The minimum absolute atomic E-state index is 0. The predicted octanol–water partition coefficient (Wildman–Crippen LogP) is 12.5. The van der Waals surface area contributed by atoms with E-state index in [0.717, 1.165) is 56.4 Å². The molecule has 8 rings (SSSR count). The van der Waals surface area contributed by atoms with Crippen LogP contribution >= 0.6 is 0 Å². The molecule has 0 aliphatic heterocycles. The molecule has 0 saturated carbocycles. The second-order valence-corrected chi connectivity index (χ2v) is 26.2. The molecule has 0 aliphatic rings. The molecular formula is C48H44GeIrN2O-2. The third-order valence-corrected chi connectivity index (χ3v) is 13.4. The first kappa shape index (κ1) is 38.1. The van der Waals surface area contributed by atoms with Crippen molar-refractivity contribution >= 4 is 39.6 Å². The van der Waals surface area contributed by atoms with Crippen LogP contribution in [-0.4, -0.2) is 23.2 Å². The normalized spacial score (nSPS) is 11.5. The van der Waals surface area contributed by atoms with Crippen LogP contribution in [0.4, 0.5) is 0 Å². The van der Waals surface area contributed by atoms with Gasteiger partial charge in [0.15, 0.2) is 0 Å². The molecule has 3 heterocycles. The quantitative estimate of drug-likeness (QED) is 0.123. The van der Waals surface area contributed by atoms with E-state index in [1.54, 1.807) is 0 Å². The Morgan fingerprint density at radius 1 is 0.623 bits per heavy atom. The van der Waals surface area contributed by atoms with Crippen molar-refractivity contribution in [3.63, 3.8) is 0 Å². The summed E-state index contributed by atoms with van der Waals surface area (Å²) in [7, 11) is 0. The average molecular weight is 930 g/mol. The Kier molecular flexibility index (Phi) is 11.6. The van der Waals surface area contributed by atoms with Crippen molar-refractivity contribution in [1.82, 2.24) is 9.97 Å². The van der Waals surface area contributed by atoms with Crippen LogP contribution in [0.2, 0.25) is 17.3 Å². The molecule has 5 heteroatoms. The molecule has 3 nitrogen and oxygen atoms in total. The third kappa shape index (κ3) is 9.13. The Balaban J connectivity index is 0.000000238. The van der Waals surface area contributed by atoms with Crippen molar-refractivity contribution in [3.8, 4) is 44.8 Å². The number of furan rings is 1. The summed E-state index contributed by atoms with van der Waals surface area (Å²) in [5.41, 5.74) is 11.8. The number of hydrogen-bond donors (Lipinski definition) is 0. The molecule has 5 aromatic carbocycles. The molecule has 0 saturated heterocycles. The molecule has 267 valence electrons. The summed E-state index contributed by atoms with van der Waals surface area (Å²) in [5.74, 6) is 7.14. The van der Waals surface area contributed by atoms with E-state index < -0.39 is 13.3 Å². The monoisotopic (exact) mass is 931 g/mol. The van der Waals surface area contributed by atoms with Crippen LogP contribution in [0.5, 0.6) is 0 Å². The van der Waals surface area contributed by atoms with E-state index in [-0.39, 0.29) is 25.5 Å². The van der Waals surface area contributed by atoms with Gasteiger partial charge < -0.3 is 9.40 Å². The van der Waals surface area contributed by atoms with E-state index in [0.29, 0.717) is 0 Å². The Morgan fingerprint density at radius 2 is 1.32 bits per heavy atom. The van der Waals surface area contributed by atoms with Crippen LogP contribution in [0, 0.1) is 17.5 Å². The Morgan fingerprint density at radius 3 is 1.98 bits per heavy atom. The molecule has 8 aromatic rings. The topological polar surface area (TPSA) is 38.9 Å². The SMILES string of the molecule is CC(C)(C)Cc1ccnc(-c2[c-]ccc3c2oc2cc(-c4ccc(-c5ccccc5)cc4)ccc23)c1.[CH3][Ge]([CH3])([CH3])[c]1ccc(-c2[c-]cccc2)nc1.[Ir]. The van der Waals surface area contributed by atoms with Crippen LogP contribution < -0.4 is 4.40 Å². The summed E-state index contributed by atoms with van der Waals surface area (Å²) < 4.78 is 7.91. The van der Waals surface area contributed by atoms with Gasteiger partial charge in [-0.2, -0.15) is 0 Å². The number of pyridine rings is 2. The first-order valence-corrected chi connectivity index (χ1v) is 25.3. The van der Waals surface area contributed by atoms with E-state index in [9.17, 15) is 0 Å². The third-order valence-electron chi connectivity index (χ3n) is 9.19. The standard InChI is InChI=1S/C34H28NO.C14H16GeN.Ir/c1-34(2,3)22-23-18-19-35-31(20-23)30-11-7-10-29-28-17-16-27(21-32(28)36-33(29)30)26-14-12-25(13-15-26)24-8-5-4-6-9-24;1-15(2,3)13-9-10-14(16-11-13)12-7-5-4-6-8-12;/h4-10,12-21H,22H2,1-3H3;4-7,9-11H,1-3H3;/q2*-1;. The van der Waals surface area contributed by atoms with Gasteiger partial charge in [0, 0.05) is 31.7 Å². The molecule has 0 amide bonds. The first-order chi connectivity index (χ1) is 25.0. The summed E-state index contributed by atoms with van der Waals surface area (Å²) in [6, 6.07) is 52.8. The van der Waals surface area contributed by atoms with Gasteiger partial charge in [-0.3, -0.25) is 0 Å². The number of fused-ring (bicyclic) bond motifs is 3. The molecule has 0 atom stereocenters. The van der Waals surface area contributed by atoms with Crippen LogP contribution in [0.15, 0.2) is 150 Å². The van der Waals surface area contributed by atoms with Crippen LogP contribution in [0.25, 0.3) is 66.7 Å². The fourth-order valence-corrected chi connectivity index (χ4v) is 8.65. The molecule has 0 N–H and O–H groups in total. The van der Waals surface area contributed by atoms with E-state index in [4.69, 9.17) is 4.42 Å². The smallest absolute Gasteiger partial charge is 0 e. The van der Waals surface area contributed by atoms with Crippen molar-refractivity contribution in [3.05, 3.63) is 164 Å². The van der Waals surface area contributed by atoms with E-state index in [1.807, 2.05) is 48.8 Å². The van der Waals surface area contributed by atoms with Crippen molar-refractivity contribution in [1.29, 1.82) is 0 Å². The number of aromatic nitrogens is 2. The number of benzene rings is 5.